The van der Waals surface area contributed by atoms with E-state index in [1.807, 2.05) is 29.8 Å². The molecule has 4 nitrogen and oxygen atoms in total. The Kier molecular flexibility index (Phi) is 5.62. The van der Waals surface area contributed by atoms with Gasteiger partial charge in [0.15, 0.2) is 0 Å². The van der Waals surface area contributed by atoms with Gasteiger partial charge in [-0.05, 0) is 34.7 Å². The van der Waals surface area contributed by atoms with E-state index in [0.717, 1.165) is 5.56 Å². The normalized spacial score (nSPS) is 13.2. The summed E-state index contributed by atoms with van der Waals surface area (Å²) in [5.41, 5.74) is 1.15. The summed E-state index contributed by atoms with van der Waals surface area (Å²) in [5, 5.41) is 12.3. The highest BCUT2D eigenvalue weighted by Gasteiger charge is 2.12. The second kappa shape index (κ2) is 6.74. The van der Waals surface area contributed by atoms with Crippen LogP contribution in [0.25, 0.3) is 0 Å². The summed E-state index contributed by atoms with van der Waals surface area (Å²) in [6.07, 6.45) is 0.666. The molecule has 0 saturated carbocycles. The van der Waals surface area contributed by atoms with Crippen LogP contribution in [0.4, 0.5) is 0 Å². The summed E-state index contributed by atoms with van der Waals surface area (Å²) < 4.78 is 25.7. The molecule has 0 aliphatic heterocycles. The van der Waals surface area contributed by atoms with Crippen LogP contribution >= 0.6 is 11.3 Å². The SMILES string of the molecule is C[C@H](CNS(=O)(=O)CCCC#N)c1ccsc1. The van der Waals surface area contributed by atoms with Gasteiger partial charge in [-0.15, -0.1) is 0 Å². The van der Waals surface area contributed by atoms with Gasteiger partial charge in [-0.2, -0.15) is 16.6 Å². The third-order valence-corrected chi connectivity index (χ3v) is 4.56. The lowest BCUT2D eigenvalue weighted by Crippen LogP contribution is -2.29. The molecule has 1 N–H and O–H groups in total. The van der Waals surface area contributed by atoms with Crippen LogP contribution in [0.5, 0.6) is 0 Å². The van der Waals surface area contributed by atoms with Gasteiger partial charge in [0, 0.05) is 13.0 Å². The van der Waals surface area contributed by atoms with Crippen LogP contribution < -0.4 is 4.72 Å². The summed E-state index contributed by atoms with van der Waals surface area (Å²) >= 11 is 1.60. The molecule has 1 aromatic rings. The smallest absolute Gasteiger partial charge is 0.211 e. The fourth-order valence-electron chi connectivity index (χ4n) is 1.34. The molecule has 0 amide bonds. The summed E-state index contributed by atoms with van der Waals surface area (Å²) in [6.45, 7) is 2.39. The lowest BCUT2D eigenvalue weighted by molar-refractivity contribution is 0.573. The van der Waals surface area contributed by atoms with Gasteiger partial charge < -0.3 is 0 Å². The van der Waals surface area contributed by atoms with Crippen LogP contribution in [0.3, 0.4) is 0 Å². The van der Waals surface area contributed by atoms with Crippen LogP contribution in [-0.2, 0) is 10.0 Å². The van der Waals surface area contributed by atoms with E-state index in [9.17, 15) is 8.42 Å². The minimum atomic E-state index is -3.24. The van der Waals surface area contributed by atoms with Gasteiger partial charge in [0.1, 0.15) is 0 Å². The van der Waals surface area contributed by atoms with Gasteiger partial charge >= 0.3 is 0 Å². The zero-order chi connectivity index (χ0) is 12.7. The van der Waals surface area contributed by atoms with Crippen molar-refractivity contribution in [3.63, 3.8) is 0 Å². The number of unbranched alkanes of at least 4 members (excludes halogenated alkanes) is 1. The third-order valence-electron chi connectivity index (χ3n) is 2.42. The second-order valence-corrected chi connectivity index (χ2v) is 6.59. The Morgan fingerprint density at radius 2 is 2.35 bits per heavy atom. The minimum absolute atomic E-state index is 0.0247. The van der Waals surface area contributed by atoms with E-state index in [1.54, 1.807) is 11.3 Å². The monoisotopic (exact) mass is 272 g/mol. The van der Waals surface area contributed by atoms with Gasteiger partial charge in [-0.25, -0.2) is 13.1 Å². The van der Waals surface area contributed by atoms with E-state index in [2.05, 4.69) is 4.72 Å². The van der Waals surface area contributed by atoms with Gasteiger partial charge in [0.2, 0.25) is 10.0 Å². The fourth-order valence-corrected chi connectivity index (χ4v) is 3.29. The number of rotatable bonds is 7. The lowest BCUT2D eigenvalue weighted by atomic mass is 10.1. The third kappa shape index (κ3) is 5.31. The van der Waals surface area contributed by atoms with Gasteiger partial charge in [0.25, 0.3) is 0 Å². The summed E-state index contributed by atoms with van der Waals surface area (Å²) in [6, 6.07) is 3.94. The number of hydrogen-bond donors (Lipinski definition) is 1. The molecular formula is C11H16N2O2S2. The number of nitrogens with zero attached hydrogens (tertiary/aromatic N) is 1. The van der Waals surface area contributed by atoms with Crippen molar-refractivity contribution in [3.05, 3.63) is 22.4 Å². The van der Waals surface area contributed by atoms with Crippen LogP contribution in [0.1, 0.15) is 31.2 Å². The van der Waals surface area contributed by atoms with Gasteiger partial charge in [-0.1, -0.05) is 6.92 Å². The molecule has 0 aliphatic rings. The van der Waals surface area contributed by atoms with Crippen molar-refractivity contribution in [1.29, 1.82) is 5.26 Å². The molecule has 0 fully saturated rings. The fraction of sp³-hybridized carbons (Fsp3) is 0.545. The van der Waals surface area contributed by atoms with Crippen molar-refractivity contribution < 1.29 is 8.42 Å². The van der Waals surface area contributed by atoms with Crippen LogP contribution in [0, 0.1) is 11.3 Å². The van der Waals surface area contributed by atoms with Gasteiger partial charge in [-0.3, -0.25) is 0 Å². The van der Waals surface area contributed by atoms with E-state index in [-0.39, 0.29) is 18.1 Å². The molecule has 94 valence electrons. The summed E-state index contributed by atoms with van der Waals surface area (Å²) in [5.74, 6) is 0.198. The highest BCUT2D eigenvalue weighted by atomic mass is 32.2. The first-order chi connectivity index (χ1) is 8.05. The Morgan fingerprint density at radius 3 is 2.94 bits per heavy atom. The molecular weight excluding hydrogens is 256 g/mol. The molecule has 1 heterocycles. The highest BCUT2D eigenvalue weighted by Crippen LogP contribution is 2.17. The summed E-state index contributed by atoms with van der Waals surface area (Å²) in [4.78, 5) is 0. The maximum atomic E-state index is 11.6. The molecule has 0 unspecified atom stereocenters. The molecule has 0 bridgehead atoms. The molecule has 0 saturated heterocycles. The molecule has 0 aliphatic carbocycles. The van der Waals surface area contributed by atoms with E-state index in [4.69, 9.17) is 5.26 Å². The molecule has 0 radical (unpaired) electrons. The Hall–Kier alpha value is -0.900. The maximum absolute atomic E-state index is 11.6. The zero-order valence-corrected chi connectivity index (χ0v) is 11.4. The lowest BCUT2D eigenvalue weighted by Gasteiger charge is -2.11. The topological polar surface area (TPSA) is 70.0 Å². The van der Waals surface area contributed by atoms with Crippen molar-refractivity contribution in [3.8, 4) is 6.07 Å². The average Bonchev–Trinajstić information content (AvgIpc) is 2.80. The Balaban J connectivity index is 2.37. The van der Waals surface area contributed by atoms with Crippen molar-refractivity contribution in [2.24, 2.45) is 0 Å². The minimum Gasteiger partial charge on any atom is -0.215 e. The van der Waals surface area contributed by atoms with Crippen LogP contribution in [0.15, 0.2) is 16.8 Å². The van der Waals surface area contributed by atoms with E-state index in [1.165, 1.54) is 0 Å². The summed E-state index contributed by atoms with van der Waals surface area (Å²) in [7, 11) is -3.24. The Labute approximate surface area is 106 Å². The van der Waals surface area contributed by atoms with Crippen molar-refractivity contribution in [2.75, 3.05) is 12.3 Å². The molecule has 1 rings (SSSR count). The predicted octanol–water partition coefficient (Wildman–Crippen LogP) is 2.07. The Bertz CT molecular complexity index is 460. The second-order valence-electron chi connectivity index (χ2n) is 3.89. The van der Waals surface area contributed by atoms with E-state index in [0.29, 0.717) is 13.0 Å². The van der Waals surface area contributed by atoms with Crippen LogP contribution in [0.2, 0.25) is 0 Å². The van der Waals surface area contributed by atoms with Gasteiger partial charge in [0.05, 0.1) is 11.8 Å². The number of hydrogen-bond acceptors (Lipinski definition) is 4. The molecule has 1 atom stereocenters. The quantitative estimate of drug-likeness (QED) is 0.772. The first kappa shape index (κ1) is 14.2. The van der Waals surface area contributed by atoms with Crippen molar-refractivity contribution in [1.82, 2.24) is 4.72 Å². The van der Waals surface area contributed by atoms with Crippen molar-refractivity contribution >= 4 is 21.4 Å². The molecule has 0 spiro atoms. The number of nitriles is 1. The van der Waals surface area contributed by atoms with E-state index < -0.39 is 10.0 Å². The van der Waals surface area contributed by atoms with E-state index >= 15 is 0 Å². The number of nitrogens with one attached hydrogen (secondary N) is 1. The molecule has 0 aromatic carbocycles. The predicted molar refractivity (Wildman–Crippen MR) is 69.4 cm³/mol. The molecule has 6 heteroatoms. The number of sulfonamides is 1. The van der Waals surface area contributed by atoms with Crippen LogP contribution in [-0.4, -0.2) is 20.7 Å². The highest BCUT2D eigenvalue weighted by molar-refractivity contribution is 7.89. The largest absolute Gasteiger partial charge is 0.215 e. The first-order valence-electron chi connectivity index (χ1n) is 5.41. The first-order valence-corrected chi connectivity index (χ1v) is 8.01. The maximum Gasteiger partial charge on any atom is 0.211 e. The number of thiophene rings is 1. The van der Waals surface area contributed by atoms with Crippen molar-refractivity contribution in [2.45, 2.75) is 25.7 Å². The molecule has 17 heavy (non-hydrogen) atoms. The molecule has 1 aromatic heterocycles. The Morgan fingerprint density at radius 1 is 1.59 bits per heavy atom. The standard InChI is InChI=1S/C11H16N2O2S2/c1-10(11-4-6-16-9-11)8-13-17(14,15)7-3-2-5-12/h4,6,9-10,13H,2-3,7-8H2,1H3/t10-/m1/s1. The zero-order valence-electron chi connectivity index (χ0n) is 9.72. The average molecular weight is 272 g/mol.